The van der Waals surface area contributed by atoms with E-state index in [2.05, 4.69) is 4.74 Å². The zero-order chi connectivity index (χ0) is 12.3. The van der Waals surface area contributed by atoms with Crippen LogP contribution in [-0.4, -0.2) is 18.0 Å². The highest BCUT2D eigenvalue weighted by molar-refractivity contribution is 14.1. The zero-order valence-electron chi connectivity index (χ0n) is 8.06. The van der Waals surface area contributed by atoms with E-state index in [4.69, 9.17) is 5.26 Å². The van der Waals surface area contributed by atoms with Crippen LogP contribution in [0.2, 0.25) is 0 Å². The van der Waals surface area contributed by atoms with Crippen LogP contribution < -0.4 is 0 Å². The molecular formula is C9H5IN2O4. The predicted molar refractivity (Wildman–Crippen MR) is 61.9 cm³/mol. The van der Waals surface area contributed by atoms with Crippen molar-refractivity contribution >= 4 is 34.2 Å². The van der Waals surface area contributed by atoms with Crippen LogP contribution in [0.1, 0.15) is 15.9 Å². The maximum Gasteiger partial charge on any atom is 0.344 e. The Hall–Kier alpha value is -1.69. The number of nitrogens with zero attached hydrogens (tertiary/aromatic N) is 2. The fourth-order valence-electron chi connectivity index (χ4n) is 1.07. The molecule has 0 fully saturated rings. The first-order chi connectivity index (χ1) is 7.51. The SMILES string of the molecule is COC(=O)c1cc(C#N)c(I)cc1[N+](=O)[O-]. The third-order valence-electron chi connectivity index (χ3n) is 1.81. The molecule has 0 unspecified atom stereocenters. The Bertz CT molecular complexity index is 507. The van der Waals surface area contributed by atoms with Crippen LogP contribution in [-0.2, 0) is 4.74 Å². The summed E-state index contributed by atoms with van der Waals surface area (Å²) < 4.78 is 4.83. The van der Waals surface area contributed by atoms with Crippen molar-refractivity contribution in [2.24, 2.45) is 0 Å². The van der Waals surface area contributed by atoms with Gasteiger partial charge in [0.25, 0.3) is 5.69 Å². The topological polar surface area (TPSA) is 93.2 Å². The fraction of sp³-hybridized carbons (Fsp3) is 0.111. The van der Waals surface area contributed by atoms with Crippen LogP contribution in [0.25, 0.3) is 0 Å². The highest BCUT2D eigenvalue weighted by Crippen LogP contribution is 2.25. The Balaban J connectivity index is 3.50. The van der Waals surface area contributed by atoms with E-state index in [1.54, 1.807) is 22.6 Å². The number of nitro benzene ring substituents is 1. The van der Waals surface area contributed by atoms with Crippen LogP contribution in [0.3, 0.4) is 0 Å². The van der Waals surface area contributed by atoms with Crippen molar-refractivity contribution in [1.82, 2.24) is 0 Å². The lowest BCUT2D eigenvalue weighted by atomic mass is 10.1. The minimum absolute atomic E-state index is 0.201. The van der Waals surface area contributed by atoms with E-state index in [1.807, 2.05) is 6.07 Å². The first kappa shape index (κ1) is 12.4. The molecule has 6 nitrogen and oxygen atoms in total. The van der Waals surface area contributed by atoms with Crippen LogP contribution in [0.4, 0.5) is 5.69 Å². The second-order valence-corrected chi connectivity index (χ2v) is 3.87. The number of hydrogen-bond acceptors (Lipinski definition) is 5. The van der Waals surface area contributed by atoms with Crippen molar-refractivity contribution in [2.45, 2.75) is 0 Å². The standard InChI is InChI=1S/C9H5IN2O4/c1-16-9(13)6-2-5(4-11)7(10)3-8(6)12(14)15/h2-3H,1H3. The van der Waals surface area contributed by atoms with Gasteiger partial charge < -0.3 is 4.74 Å². The third-order valence-corrected chi connectivity index (χ3v) is 2.70. The number of carbonyl (C=O) groups excluding carboxylic acids is 1. The quantitative estimate of drug-likeness (QED) is 0.357. The van der Waals surface area contributed by atoms with Crippen molar-refractivity contribution in [3.63, 3.8) is 0 Å². The molecule has 7 heteroatoms. The number of methoxy groups -OCH3 is 1. The largest absolute Gasteiger partial charge is 0.465 e. The number of nitro groups is 1. The van der Waals surface area contributed by atoms with Gasteiger partial charge in [0.05, 0.1) is 17.6 Å². The lowest BCUT2D eigenvalue weighted by Crippen LogP contribution is -2.07. The number of benzene rings is 1. The molecule has 0 atom stereocenters. The summed E-state index contributed by atoms with van der Waals surface area (Å²) in [5.41, 5.74) is -0.383. The van der Waals surface area contributed by atoms with Crippen molar-refractivity contribution in [3.05, 3.63) is 36.9 Å². The second kappa shape index (κ2) is 4.89. The van der Waals surface area contributed by atoms with E-state index in [0.717, 1.165) is 13.2 Å². The number of carbonyl (C=O) groups is 1. The normalized spacial score (nSPS) is 9.31. The molecule has 16 heavy (non-hydrogen) atoms. The van der Waals surface area contributed by atoms with E-state index < -0.39 is 10.9 Å². The molecule has 0 radical (unpaired) electrons. The molecule has 1 rings (SSSR count). The lowest BCUT2D eigenvalue weighted by Gasteiger charge is -2.02. The maximum absolute atomic E-state index is 11.3. The molecule has 0 aliphatic heterocycles. The number of ether oxygens (including phenoxy) is 1. The lowest BCUT2D eigenvalue weighted by molar-refractivity contribution is -0.385. The van der Waals surface area contributed by atoms with E-state index in [1.165, 1.54) is 6.07 Å². The zero-order valence-corrected chi connectivity index (χ0v) is 10.2. The Morgan fingerprint density at radius 3 is 2.69 bits per heavy atom. The molecule has 0 spiro atoms. The number of halogens is 1. The number of rotatable bonds is 2. The van der Waals surface area contributed by atoms with Gasteiger partial charge in [0, 0.05) is 9.64 Å². The average molecular weight is 332 g/mol. The minimum atomic E-state index is -0.834. The summed E-state index contributed by atoms with van der Waals surface area (Å²) >= 11 is 1.79. The molecule has 0 aliphatic rings. The van der Waals surface area contributed by atoms with Crippen LogP contribution >= 0.6 is 22.6 Å². The van der Waals surface area contributed by atoms with E-state index >= 15 is 0 Å². The van der Waals surface area contributed by atoms with Gasteiger partial charge in [0.15, 0.2) is 0 Å². The van der Waals surface area contributed by atoms with Crippen molar-refractivity contribution < 1.29 is 14.5 Å². The Kier molecular flexibility index (Phi) is 3.78. The van der Waals surface area contributed by atoms with Gasteiger partial charge in [0.2, 0.25) is 0 Å². The van der Waals surface area contributed by atoms with Crippen molar-refractivity contribution in [1.29, 1.82) is 5.26 Å². The fourth-order valence-corrected chi connectivity index (χ4v) is 1.64. The molecule has 1 aromatic carbocycles. The maximum atomic E-state index is 11.3. The second-order valence-electron chi connectivity index (χ2n) is 2.71. The third kappa shape index (κ3) is 2.27. The van der Waals surface area contributed by atoms with Gasteiger partial charge in [-0.2, -0.15) is 5.26 Å². The van der Waals surface area contributed by atoms with Crippen molar-refractivity contribution in [3.8, 4) is 6.07 Å². The van der Waals surface area contributed by atoms with E-state index in [0.29, 0.717) is 3.57 Å². The van der Waals surface area contributed by atoms with Crippen LogP contribution in [0.5, 0.6) is 0 Å². The average Bonchev–Trinajstić information content (AvgIpc) is 2.27. The van der Waals surface area contributed by atoms with Gasteiger partial charge in [-0.05, 0) is 28.7 Å². The summed E-state index contributed by atoms with van der Waals surface area (Å²) in [5, 5.41) is 19.5. The Morgan fingerprint density at radius 1 is 1.62 bits per heavy atom. The molecule has 0 bridgehead atoms. The first-order valence-electron chi connectivity index (χ1n) is 3.97. The smallest absolute Gasteiger partial charge is 0.344 e. The summed E-state index contributed by atoms with van der Waals surface area (Å²) in [7, 11) is 1.12. The van der Waals surface area contributed by atoms with Gasteiger partial charge in [-0.3, -0.25) is 10.1 Å². The minimum Gasteiger partial charge on any atom is -0.465 e. The van der Waals surface area contributed by atoms with Gasteiger partial charge in [-0.25, -0.2) is 4.79 Å². The number of hydrogen-bond donors (Lipinski definition) is 0. The van der Waals surface area contributed by atoms with Gasteiger partial charge >= 0.3 is 5.97 Å². The first-order valence-corrected chi connectivity index (χ1v) is 5.05. The summed E-state index contributed by atoms with van der Waals surface area (Å²) in [6, 6.07) is 4.17. The molecule has 0 saturated carbocycles. The molecule has 0 saturated heterocycles. The van der Waals surface area contributed by atoms with E-state index in [-0.39, 0.29) is 16.8 Å². The number of nitriles is 1. The van der Waals surface area contributed by atoms with Gasteiger partial charge in [0.1, 0.15) is 11.6 Å². The molecule has 0 aliphatic carbocycles. The van der Waals surface area contributed by atoms with Gasteiger partial charge in [-0.1, -0.05) is 0 Å². The molecule has 0 aromatic heterocycles. The molecule has 82 valence electrons. The molecule has 0 heterocycles. The highest BCUT2D eigenvalue weighted by Gasteiger charge is 2.23. The van der Waals surface area contributed by atoms with Crippen LogP contribution in [0, 0.1) is 25.0 Å². The number of esters is 1. The molecule has 0 N–H and O–H groups in total. The van der Waals surface area contributed by atoms with Gasteiger partial charge in [-0.15, -0.1) is 0 Å². The van der Waals surface area contributed by atoms with Crippen molar-refractivity contribution in [2.75, 3.05) is 7.11 Å². The van der Waals surface area contributed by atoms with E-state index in [9.17, 15) is 14.9 Å². The Morgan fingerprint density at radius 2 is 2.25 bits per heavy atom. The molecular weight excluding hydrogens is 327 g/mol. The summed E-state index contributed by atoms with van der Waals surface area (Å²) in [5.74, 6) is -0.834. The summed E-state index contributed by atoms with van der Waals surface area (Å²) in [4.78, 5) is 21.3. The predicted octanol–water partition coefficient (Wildman–Crippen LogP) is 1.86. The monoisotopic (exact) mass is 332 g/mol. The molecule has 1 aromatic rings. The molecule has 0 amide bonds. The van der Waals surface area contributed by atoms with Crippen LogP contribution in [0.15, 0.2) is 12.1 Å². The Labute approximate surface area is 104 Å². The highest BCUT2D eigenvalue weighted by atomic mass is 127. The summed E-state index contributed by atoms with van der Waals surface area (Å²) in [6.07, 6.45) is 0. The summed E-state index contributed by atoms with van der Waals surface area (Å²) in [6.45, 7) is 0.